The van der Waals surface area contributed by atoms with Crippen LogP contribution in [0.4, 0.5) is 0 Å². The maximum absolute atomic E-state index is 6.49. The number of hydrogen-bond donors (Lipinski definition) is 1. The van der Waals surface area contributed by atoms with Crippen LogP contribution in [0.15, 0.2) is 54.6 Å². The molecule has 3 rings (SSSR count). The van der Waals surface area contributed by atoms with E-state index in [1.165, 1.54) is 23.1 Å². The number of hydrogen-bond acceptors (Lipinski definition) is 1. The Morgan fingerprint density at radius 2 is 1.57 bits per heavy atom. The van der Waals surface area contributed by atoms with Gasteiger partial charge in [-0.25, -0.2) is 0 Å². The molecule has 21 heavy (non-hydrogen) atoms. The summed E-state index contributed by atoms with van der Waals surface area (Å²) in [4.78, 5) is 0. The summed E-state index contributed by atoms with van der Waals surface area (Å²) in [7, 11) is 0. The Bertz CT molecular complexity index is 592. The summed E-state index contributed by atoms with van der Waals surface area (Å²) in [6.45, 7) is 6.73. The van der Waals surface area contributed by atoms with Crippen LogP contribution in [-0.2, 0) is 5.41 Å². The summed E-state index contributed by atoms with van der Waals surface area (Å²) in [6, 6.07) is 19.8. The van der Waals surface area contributed by atoms with Crippen molar-refractivity contribution in [3.8, 4) is 0 Å². The van der Waals surface area contributed by atoms with Gasteiger partial charge < -0.3 is 5.73 Å². The first-order valence-electron chi connectivity index (χ1n) is 7.88. The predicted octanol–water partition coefficient (Wildman–Crippen LogP) is 4.79. The lowest BCUT2D eigenvalue weighted by molar-refractivity contribution is 0.586. The first kappa shape index (κ1) is 14.3. The molecule has 2 N–H and O–H groups in total. The second-order valence-corrected chi connectivity index (χ2v) is 7.31. The Kier molecular flexibility index (Phi) is 3.62. The van der Waals surface area contributed by atoms with E-state index in [1.54, 1.807) is 0 Å². The summed E-state index contributed by atoms with van der Waals surface area (Å²) in [6.07, 6.45) is 1.21. The van der Waals surface area contributed by atoms with Crippen molar-refractivity contribution in [3.63, 3.8) is 0 Å². The van der Waals surface area contributed by atoms with Gasteiger partial charge >= 0.3 is 0 Å². The van der Waals surface area contributed by atoms with Crippen molar-refractivity contribution in [1.29, 1.82) is 0 Å². The number of nitrogens with two attached hydrogens (primary N) is 1. The molecule has 0 bridgehead atoms. The topological polar surface area (TPSA) is 26.0 Å². The monoisotopic (exact) mass is 279 g/mol. The minimum absolute atomic E-state index is 0.157. The van der Waals surface area contributed by atoms with Gasteiger partial charge in [0.05, 0.1) is 0 Å². The third-order valence-corrected chi connectivity index (χ3v) is 4.69. The third kappa shape index (κ3) is 3.03. The van der Waals surface area contributed by atoms with Gasteiger partial charge in [0, 0.05) is 6.04 Å². The van der Waals surface area contributed by atoms with Crippen LogP contribution < -0.4 is 5.73 Å². The van der Waals surface area contributed by atoms with Crippen LogP contribution in [0.2, 0.25) is 0 Å². The molecule has 0 heterocycles. The van der Waals surface area contributed by atoms with Gasteiger partial charge in [0.15, 0.2) is 0 Å². The molecule has 1 heteroatoms. The van der Waals surface area contributed by atoms with Crippen LogP contribution in [0, 0.1) is 5.92 Å². The average molecular weight is 279 g/mol. The van der Waals surface area contributed by atoms with Gasteiger partial charge in [-0.15, -0.1) is 0 Å². The van der Waals surface area contributed by atoms with Crippen LogP contribution in [0.5, 0.6) is 0 Å². The van der Waals surface area contributed by atoms with E-state index in [2.05, 4.69) is 75.4 Å². The highest BCUT2D eigenvalue weighted by molar-refractivity contribution is 5.33. The molecule has 0 aliphatic heterocycles. The average Bonchev–Trinajstić information content (AvgIpc) is 3.27. The molecule has 0 spiro atoms. The largest absolute Gasteiger partial charge is 0.324 e. The standard InChI is InChI=1S/C20H25N/c1-20(2,3)16-11-9-15(10-12-16)19(21)18-13-17(18)14-7-5-4-6-8-14/h4-12,17-19H,13,21H2,1-3H3. The van der Waals surface area contributed by atoms with Crippen LogP contribution in [0.3, 0.4) is 0 Å². The molecule has 0 radical (unpaired) electrons. The van der Waals surface area contributed by atoms with Gasteiger partial charge in [0.25, 0.3) is 0 Å². The lowest BCUT2D eigenvalue weighted by Gasteiger charge is -2.20. The van der Waals surface area contributed by atoms with Crippen LogP contribution in [-0.4, -0.2) is 0 Å². The van der Waals surface area contributed by atoms with Gasteiger partial charge in [-0.2, -0.15) is 0 Å². The molecule has 1 fully saturated rings. The molecule has 2 aromatic carbocycles. The predicted molar refractivity (Wildman–Crippen MR) is 89.4 cm³/mol. The maximum atomic E-state index is 6.49. The fourth-order valence-electron chi connectivity index (χ4n) is 3.15. The van der Waals surface area contributed by atoms with Crippen molar-refractivity contribution in [3.05, 3.63) is 71.3 Å². The summed E-state index contributed by atoms with van der Waals surface area (Å²) in [5.74, 6) is 1.23. The number of rotatable bonds is 3. The summed E-state index contributed by atoms with van der Waals surface area (Å²) in [5, 5.41) is 0. The van der Waals surface area contributed by atoms with Crippen LogP contribution in [0.1, 0.15) is 55.8 Å². The Hall–Kier alpha value is -1.60. The van der Waals surface area contributed by atoms with Gasteiger partial charge in [-0.3, -0.25) is 0 Å². The summed E-state index contributed by atoms with van der Waals surface area (Å²) in [5.41, 5.74) is 10.8. The van der Waals surface area contributed by atoms with Crippen LogP contribution in [0.25, 0.3) is 0 Å². The maximum Gasteiger partial charge on any atom is 0.0329 e. The van der Waals surface area contributed by atoms with E-state index >= 15 is 0 Å². The molecule has 0 amide bonds. The van der Waals surface area contributed by atoms with E-state index < -0.39 is 0 Å². The molecule has 2 aromatic rings. The van der Waals surface area contributed by atoms with Crippen molar-refractivity contribution in [1.82, 2.24) is 0 Å². The Morgan fingerprint density at radius 1 is 0.952 bits per heavy atom. The fourth-order valence-corrected chi connectivity index (χ4v) is 3.15. The second kappa shape index (κ2) is 5.31. The SMILES string of the molecule is CC(C)(C)c1ccc(C(N)C2CC2c2ccccc2)cc1. The molecule has 0 saturated heterocycles. The van der Waals surface area contributed by atoms with E-state index in [0.29, 0.717) is 11.8 Å². The van der Waals surface area contributed by atoms with Crippen LogP contribution >= 0.6 is 0 Å². The van der Waals surface area contributed by atoms with Crippen molar-refractivity contribution in [2.24, 2.45) is 11.7 Å². The van der Waals surface area contributed by atoms with Gasteiger partial charge in [-0.05, 0) is 40.4 Å². The quantitative estimate of drug-likeness (QED) is 0.859. The van der Waals surface area contributed by atoms with Gasteiger partial charge in [0.2, 0.25) is 0 Å². The van der Waals surface area contributed by atoms with Gasteiger partial charge in [0.1, 0.15) is 0 Å². The van der Waals surface area contributed by atoms with E-state index in [9.17, 15) is 0 Å². The van der Waals surface area contributed by atoms with E-state index in [1.807, 2.05) is 0 Å². The van der Waals surface area contributed by atoms with E-state index in [4.69, 9.17) is 5.73 Å². The van der Waals surface area contributed by atoms with Crippen molar-refractivity contribution >= 4 is 0 Å². The van der Waals surface area contributed by atoms with E-state index in [-0.39, 0.29) is 11.5 Å². The molecule has 110 valence electrons. The highest BCUT2D eigenvalue weighted by Gasteiger charge is 2.42. The van der Waals surface area contributed by atoms with Crippen molar-refractivity contribution in [2.75, 3.05) is 0 Å². The Labute approximate surface area is 128 Å². The zero-order valence-corrected chi connectivity index (χ0v) is 13.2. The number of benzene rings is 2. The lowest BCUT2D eigenvalue weighted by atomic mass is 9.86. The third-order valence-electron chi connectivity index (χ3n) is 4.69. The van der Waals surface area contributed by atoms with Crippen molar-refractivity contribution in [2.45, 2.75) is 44.6 Å². The Morgan fingerprint density at radius 3 is 2.14 bits per heavy atom. The molecule has 3 atom stereocenters. The molecule has 1 nitrogen and oxygen atoms in total. The highest BCUT2D eigenvalue weighted by atomic mass is 14.7. The molecule has 1 saturated carbocycles. The van der Waals surface area contributed by atoms with Gasteiger partial charge in [-0.1, -0.05) is 75.4 Å². The fraction of sp³-hybridized carbons (Fsp3) is 0.400. The first-order valence-corrected chi connectivity index (χ1v) is 7.88. The van der Waals surface area contributed by atoms with Crippen molar-refractivity contribution < 1.29 is 0 Å². The lowest BCUT2D eigenvalue weighted by Crippen LogP contribution is -2.15. The molecular weight excluding hydrogens is 254 g/mol. The second-order valence-electron chi connectivity index (χ2n) is 7.31. The molecule has 3 unspecified atom stereocenters. The smallest absolute Gasteiger partial charge is 0.0329 e. The Balaban J connectivity index is 1.71. The molecule has 1 aliphatic carbocycles. The minimum atomic E-state index is 0.157. The molecule has 0 aromatic heterocycles. The zero-order chi connectivity index (χ0) is 15.0. The van der Waals surface area contributed by atoms with E-state index in [0.717, 1.165) is 0 Å². The summed E-state index contributed by atoms with van der Waals surface area (Å²) < 4.78 is 0. The highest BCUT2D eigenvalue weighted by Crippen LogP contribution is 2.53. The first-order chi connectivity index (χ1) is 9.97. The minimum Gasteiger partial charge on any atom is -0.324 e. The molecular formula is C20H25N. The zero-order valence-electron chi connectivity index (χ0n) is 13.2. The summed E-state index contributed by atoms with van der Waals surface area (Å²) >= 11 is 0. The molecule has 1 aliphatic rings. The normalized spacial score (nSPS) is 22.9.